The molecule has 1 aromatic carbocycles. The number of hydrogen-bond donors (Lipinski definition) is 7. The van der Waals surface area contributed by atoms with Gasteiger partial charge in [-0.15, -0.1) is 0 Å². The standard InChI is InChI=1S/C48H71NO15/c1-24-12-16-48(59-22-24)25(2)35-32(64-48)19-30-29-11-10-27-18-28(13-15-46(27,3)36(29)31(51)20-47(30,35)4)60-43-41(56)39(54)42(33(21-50)61-43)63-44-40(55)38(53)37(52)34(62-44)23-58-45(57)49-17-14-26-8-6-5-7-9-26/h5-9,24-25,27-30,32-44,50,52-56H,10-23H2,1-4H3,(H,49,57)/t24-,25+,27+,28+,29+,30+,32?,33-,34-,35?,36-,37-,38+,39-,40-,41-,42-,43-,44+,46+,47+,48-/m1/s1. The number of fused-ring (bicyclic) bond motifs is 7. The molecule has 16 nitrogen and oxygen atoms in total. The minimum Gasteiger partial charge on any atom is -0.447 e. The molecule has 1 spiro atoms. The number of nitrogens with one attached hydrogen (secondary N) is 1. The third kappa shape index (κ3) is 8.27. The molecule has 4 heterocycles. The Morgan fingerprint density at radius 1 is 0.844 bits per heavy atom. The molecule has 2 unspecified atom stereocenters. The Hall–Kier alpha value is -2.32. The minimum absolute atomic E-state index is 0.0413. The highest BCUT2D eigenvalue weighted by molar-refractivity contribution is 5.84. The number of alkyl carbamates (subject to hydrolysis) is 1. The van der Waals surface area contributed by atoms with Gasteiger partial charge in [-0.25, -0.2) is 4.79 Å². The van der Waals surface area contributed by atoms with E-state index in [1.807, 2.05) is 30.3 Å². The second-order valence-electron chi connectivity index (χ2n) is 21.3. The van der Waals surface area contributed by atoms with E-state index in [1.54, 1.807) is 0 Å². The maximum Gasteiger partial charge on any atom is 0.407 e. The van der Waals surface area contributed by atoms with E-state index in [-0.39, 0.29) is 47.3 Å². The van der Waals surface area contributed by atoms with Crippen LogP contribution in [0.15, 0.2) is 30.3 Å². The van der Waals surface area contributed by atoms with Gasteiger partial charge < -0.3 is 69.1 Å². The van der Waals surface area contributed by atoms with Crippen LogP contribution in [-0.4, -0.2) is 148 Å². The fourth-order valence-corrected chi connectivity index (χ4v) is 14.2. The van der Waals surface area contributed by atoms with E-state index >= 15 is 0 Å². The number of hydrogen-bond acceptors (Lipinski definition) is 15. The smallest absolute Gasteiger partial charge is 0.407 e. The summed E-state index contributed by atoms with van der Waals surface area (Å²) < 4.78 is 42.7. The van der Waals surface area contributed by atoms with Crippen molar-refractivity contribution in [1.82, 2.24) is 5.32 Å². The average Bonchev–Trinajstić information content (AvgIpc) is 3.72. The Morgan fingerprint density at radius 3 is 2.31 bits per heavy atom. The normalized spacial score (nSPS) is 50.0. The second kappa shape index (κ2) is 18.3. The van der Waals surface area contributed by atoms with Crippen molar-refractivity contribution in [2.45, 2.75) is 171 Å². The molecule has 0 aromatic heterocycles. The Balaban J connectivity index is 0.788. The lowest BCUT2D eigenvalue weighted by molar-refractivity contribution is -0.364. The quantitative estimate of drug-likeness (QED) is 0.167. The molecule has 8 fully saturated rings. The zero-order valence-electron chi connectivity index (χ0n) is 37.6. The number of carbonyl (C=O) groups excluding carboxylic acids is 2. The maximum absolute atomic E-state index is 14.6. The van der Waals surface area contributed by atoms with Gasteiger partial charge in [-0.1, -0.05) is 58.0 Å². The summed E-state index contributed by atoms with van der Waals surface area (Å²) in [4.78, 5) is 27.0. The van der Waals surface area contributed by atoms with Gasteiger partial charge in [-0.2, -0.15) is 0 Å². The minimum atomic E-state index is -1.81. The fourth-order valence-electron chi connectivity index (χ4n) is 14.2. The van der Waals surface area contributed by atoms with E-state index in [1.165, 1.54) is 0 Å². The molecule has 4 saturated carbocycles. The van der Waals surface area contributed by atoms with E-state index < -0.39 is 86.5 Å². The number of benzene rings is 1. The van der Waals surface area contributed by atoms with Crippen molar-refractivity contribution >= 4 is 11.9 Å². The number of ether oxygens (including phenoxy) is 7. The van der Waals surface area contributed by atoms with Crippen molar-refractivity contribution in [3.63, 3.8) is 0 Å². The molecular formula is C48H71NO15. The van der Waals surface area contributed by atoms with Gasteiger partial charge in [0, 0.05) is 31.2 Å². The van der Waals surface area contributed by atoms with E-state index in [2.05, 4.69) is 33.0 Å². The summed E-state index contributed by atoms with van der Waals surface area (Å²) in [5.74, 6) is 1.77. The lowest BCUT2D eigenvalue weighted by atomic mass is 9.44. The molecule has 4 aliphatic carbocycles. The maximum atomic E-state index is 14.6. The van der Waals surface area contributed by atoms with Crippen LogP contribution in [0.4, 0.5) is 4.79 Å². The van der Waals surface area contributed by atoms with Gasteiger partial charge in [-0.3, -0.25) is 4.79 Å². The highest BCUT2D eigenvalue weighted by Crippen LogP contribution is 2.70. The number of aliphatic hydroxyl groups excluding tert-OH is 6. The predicted octanol–water partition coefficient (Wildman–Crippen LogP) is 2.60. The summed E-state index contributed by atoms with van der Waals surface area (Å²) in [6, 6.07) is 9.53. The zero-order valence-corrected chi connectivity index (χ0v) is 37.6. The molecule has 7 N–H and O–H groups in total. The van der Waals surface area contributed by atoms with Crippen LogP contribution in [0.25, 0.3) is 0 Å². The van der Waals surface area contributed by atoms with Crippen molar-refractivity contribution < 1.29 is 73.4 Å². The molecule has 0 bridgehead atoms. The molecule has 16 heteroatoms. The van der Waals surface area contributed by atoms with E-state index in [0.29, 0.717) is 55.1 Å². The summed E-state index contributed by atoms with van der Waals surface area (Å²) in [5, 5.41) is 67.9. The fraction of sp³-hybridized carbons (Fsp3) is 0.833. The Morgan fingerprint density at radius 2 is 1.58 bits per heavy atom. The largest absolute Gasteiger partial charge is 0.447 e. The van der Waals surface area contributed by atoms with Crippen LogP contribution in [0.2, 0.25) is 0 Å². The first kappa shape index (κ1) is 46.8. The SMILES string of the molecule is C[C@@H]1CC[C@@]2(OC1)OC1C[C@H]3[C@@H]4CC[C@H]5C[C@@H](O[C@@H]6O[C@H](CO)[C@@H](O[C@@H]7O[C@H](COC(=O)NCCc8ccccc8)[C@@H](O)[C@H](O)[C@H]7O)[C@H](O)[C@H]6O)CC[C@]5(C)[C@H]4C(=O)C[C@]3(C)C1[C@@H]2C. The summed E-state index contributed by atoms with van der Waals surface area (Å²) in [7, 11) is 0. The third-order valence-electron chi connectivity index (χ3n) is 17.6. The van der Waals surface area contributed by atoms with E-state index in [9.17, 15) is 40.2 Å². The predicted molar refractivity (Wildman–Crippen MR) is 226 cm³/mol. The first-order chi connectivity index (χ1) is 30.6. The van der Waals surface area contributed by atoms with E-state index in [0.717, 1.165) is 50.7 Å². The number of rotatable bonds is 10. The Labute approximate surface area is 375 Å². The van der Waals surface area contributed by atoms with Crippen LogP contribution in [-0.2, 0) is 44.4 Å². The number of Topliss-reactive ketones (excluding diaryl/α,β-unsaturated/α-hetero) is 1. The third-order valence-corrected chi connectivity index (χ3v) is 17.6. The Bertz CT molecular complexity index is 1800. The van der Waals surface area contributed by atoms with Gasteiger partial charge in [0.1, 0.15) is 61.2 Å². The monoisotopic (exact) mass is 901 g/mol. The molecule has 9 rings (SSSR count). The molecule has 64 heavy (non-hydrogen) atoms. The van der Waals surface area contributed by atoms with Crippen molar-refractivity contribution in [3.8, 4) is 0 Å². The van der Waals surface area contributed by atoms with Crippen LogP contribution >= 0.6 is 0 Å². The highest BCUT2D eigenvalue weighted by Gasteiger charge is 2.71. The van der Waals surface area contributed by atoms with Gasteiger partial charge in [0.25, 0.3) is 0 Å². The van der Waals surface area contributed by atoms with Crippen LogP contribution in [0, 0.1) is 52.3 Å². The van der Waals surface area contributed by atoms with Crippen LogP contribution < -0.4 is 5.32 Å². The van der Waals surface area contributed by atoms with Crippen molar-refractivity contribution in [3.05, 3.63) is 35.9 Å². The van der Waals surface area contributed by atoms with Gasteiger partial charge in [-0.05, 0) is 97.3 Å². The Kier molecular flexibility index (Phi) is 13.4. The zero-order chi connectivity index (χ0) is 45.3. The molecule has 4 aliphatic heterocycles. The summed E-state index contributed by atoms with van der Waals surface area (Å²) >= 11 is 0. The molecule has 1 amide bonds. The molecule has 358 valence electrons. The van der Waals surface area contributed by atoms with Crippen LogP contribution in [0.1, 0.15) is 91.0 Å². The molecule has 4 saturated heterocycles. The van der Waals surface area contributed by atoms with Gasteiger partial charge in [0.15, 0.2) is 18.4 Å². The van der Waals surface area contributed by atoms with Crippen molar-refractivity contribution in [1.29, 1.82) is 0 Å². The van der Waals surface area contributed by atoms with Gasteiger partial charge in [0.2, 0.25) is 0 Å². The average molecular weight is 902 g/mol. The van der Waals surface area contributed by atoms with Crippen molar-refractivity contribution in [2.24, 2.45) is 52.3 Å². The summed E-state index contributed by atoms with van der Waals surface area (Å²) in [5.41, 5.74) is 0.686. The molecule has 0 radical (unpaired) electrons. The summed E-state index contributed by atoms with van der Waals surface area (Å²) in [6.07, 6.45) is -8.53. The molecule has 1 aromatic rings. The summed E-state index contributed by atoms with van der Waals surface area (Å²) in [6.45, 7) is 9.03. The topological polar surface area (TPSA) is 232 Å². The molecular weight excluding hydrogens is 831 g/mol. The molecule has 22 atom stereocenters. The van der Waals surface area contributed by atoms with Crippen LogP contribution in [0.3, 0.4) is 0 Å². The van der Waals surface area contributed by atoms with Crippen LogP contribution in [0.5, 0.6) is 0 Å². The number of ketones is 1. The second-order valence-corrected chi connectivity index (χ2v) is 21.3. The van der Waals surface area contributed by atoms with Crippen molar-refractivity contribution in [2.75, 3.05) is 26.4 Å². The van der Waals surface area contributed by atoms with Gasteiger partial charge >= 0.3 is 6.09 Å². The molecule has 8 aliphatic rings. The lowest BCUT2D eigenvalue weighted by Crippen LogP contribution is -2.65. The first-order valence-corrected chi connectivity index (χ1v) is 24.0. The lowest BCUT2D eigenvalue weighted by Gasteiger charge is -2.60. The van der Waals surface area contributed by atoms with Gasteiger partial charge in [0.05, 0.1) is 25.4 Å². The number of carbonyl (C=O) groups is 2. The number of amides is 1. The first-order valence-electron chi connectivity index (χ1n) is 24.0. The van der Waals surface area contributed by atoms with E-state index in [4.69, 9.17) is 33.2 Å². The number of aliphatic hydroxyl groups is 6. The highest BCUT2D eigenvalue weighted by atomic mass is 16.7.